The molecule has 0 unspecified atom stereocenters. The Kier molecular flexibility index (Phi) is 4.46. The lowest BCUT2D eigenvalue weighted by atomic mass is 10.2. The van der Waals surface area contributed by atoms with Gasteiger partial charge in [-0.2, -0.15) is 9.97 Å². The van der Waals surface area contributed by atoms with Crippen molar-refractivity contribution >= 4 is 28.6 Å². The molecule has 138 valence electrons. The molecule has 4 rings (SSSR count). The molecule has 0 aromatic carbocycles. The molecule has 1 saturated carbocycles. The number of fused-ring (bicyclic) bond motifs is 1. The van der Waals surface area contributed by atoms with E-state index in [0.717, 1.165) is 22.8 Å². The number of hydrogen-bond acceptors (Lipinski definition) is 7. The standard InChI is InChI=1S/C17H24N8O/c1-10(9-26-3)25-8-14(23-24-25)20-17-21-15-13(6-7-18-15)16(22-17)19-11(2)12-4-5-12/h6-8,10-12H,4-5,9H2,1-3H3,(H3,18,19,20,21,22)/t10-,11-/m0/s1. The summed E-state index contributed by atoms with van der Waals surface area (Å²) in [5, 5.41) is 15.9. The van der Waals surface area contributed by atoms with Crippen LogP contribution in [0, 0.1) is 5.92 Å². The van der Waals surface area contributed by atoms with Gasteiger partial charge in [-0.15, -0.1) is 5.10 Å². The summed E-state index contributed by atoms with van der Waals surface area (Å²) in [6.45, 7) is 4.79. The van der Waals surface area contributed by atoms with Gasteiger partial charge in [0, 0.05) is 19.3 Å². The number of nitrogens with one attached hydrogen (secondary N) is 3. The first kappa shape index (κ1) is 16.8. The second-order valence-electron chi connectivity index (χ2n) is 6.92. The van der Waals surface area contributed by atoms with E-state index in [-0.39, 0.29) is 6.04 Å². The maximum Gasteiger partial charge on any atom is 0.232 e. The first-order valence-corrected chi connectivity index (χ1v) is 8.93. The number of anilines is 3. The second-order valence-corrected chi connectivity index (χ2v) is 6.92. The van der Waals surface area contributed by atoms with Gasteiger partial charge in [-0.05, 0) is 38.7 Å². The second kappa shape index (κ2) is 6.91. The summed E-state index contributed by atoms with van der Waals surface area (Å²) in [7, 11) is 1.67. The van der Waals surface area contributed by atoms with Crippen LogP contribution < -0.4 is 10.6 Å². The molecule has 9 nitrogen and oxygen atoms in total. The molecule has 1 aliphatic carbocycles. The van der Waals surface area contributed by atoms with E-state index < -0.39 is 0 Å². The Labute approximate surface area is 151 Å². The SMILES string of the molecule is COC[C@H](C)n1cc(Nc2nc(N[C@@H](C)C3CC3)c3cc[nH]c3n2)nn1. The van der Waals surface area contributed by atoms with Crippen LogP contribution in [0.3, 0.4) is 0 Å². The predicted octanol–water partition coefficient (Wildman–Crippen LogP) is 2.71. The Morgan fingerprint density at radius 1 is 1.35 bits per heavy atom. The van der Waals surface area contributed by atoms with Gasteiger partial charge in [-0.25, -0.2) is 4.68 Å². The van der Waals surface area contributed by atoms with Crippen molar-refractivity contribution in [2.45, 2.75) is 38.8 Å². The molecule has 0 spiro atoms. The van der Waals surface area contributed by atoms with Crippen molar-refractivity contribution in [2.24, 2.45) is 5.92 Å². The quantitative estimate of drug-likeness (QED) is 0.570. The van der Waals surface area contributed by atoms with Crippen LogP contribution in [0.4, 0.5) is 17.6 Å². The zero-order chi connectivity index (χ0) is 18.1. The molecule has 0 bridgehead atoms. The maximum atomic E-state index is 5.16. The van der Waals surface area contributed by atoms with Crippen LogP contribution in [0.5, 0.6) is 0 Å². The highest BCUT2D eigenvalue weighted by atomic mass is 16.5. The van der Waals surface area contributed by atoms with Crippen molar-refractivity contribution in [1.82, 2.24) is 29.9 Å². The Morgan fingerprint density at radius 3 is 2.96 bits per heavy atom. The van der Waals surface area contributed by atoms with Gasteiger partial charge in [-0.3, -0.25) is 0 Å². The average Bonchev–Trinajstić information content (AvgIpc) is 3.18. The van der Waals surface area contributed by atoms with Gasteiger partial charge in [0.05, 0.1) is 24.2 Å². The van der Waals surface area contributed by atoms with E-state index >= 15 is 0 Å². The Morgan fingerprint density at radius 2 is 2.19 bits per heavy atom. The Bertz CT molecular complexity index is 884. The van der Waals surface area contributed by atoms with E-state index in [1.54, 1.807) is 11.8 Å². The highest BCUT2D eigenvalue weighted by Gasteiger charge is 2.28. The monoisotopic (exact) mass is 356 g/mol. The molecular weight excluding hydrogens is 332 g/mol. The summed E-state index contributed by atoms with van der Waals surface area (Å²) < 4.78 is 6.91. The first-order valence-electron chi connectivity index (χ1n) is 8.93. The normalized spacial score (nSPS) is 16.6. The van der Waals surface area contributed by atoms with Crippen LogP contribution in [0.2, 0.25) is 0 Å². The summed E-state index contributed by atoms with van der Waals surface area (Å²) in [5.74, 6) is 2.65. The highest BCUT2D eigenvalue weighted by Crippen LogP contribution is 2.34. The molecule has 2 atom stereocenters. The van der Waals surface area contributed by atoms with Crippen molar-refractivity contribution in [2.75, 3.05) is 24.4 Å². The van der Waals surface area contributed by atoms with Crippen LogP contribution in [0.1, 0.15) is 32.7 Å². The fourth-order valence-electron chi connectivity index (χ4n) is 3.02. The van der Waals surface area contributed by atoms with Crippen molar-refractivity contribution in [3.8, 4) is 0 Å². The average molecular weight is 356 g/mol. The zero-order valence-corrected chi connectivity index (χ0v) is 15.2. The van der Waals surface area contributed by atoms with Gasteiger partial charge in [0.15, 0.2) is 5.82 Å². The largest absolute Gasteiger partial charge is 0.382 e. The molecule has 3 aromatic heterocycles. The number of methoxy groups -OCH3 is 1. The molecule has 0 amide bonds. The van der Waals surface area contributed by atoms with Crippen molar-refractivity contribution in [1.29, 1.82) is 0 Å². The number of hydrogen-bond donors (Lipinski definition) is 3. The maximum absolute atomic E-state index is 5.16. The van der Waals surface area contributed by atoms with E-state index in [0.29, 0.717) is 24.4 Å². The van der Waals surface area contributed by atoms with Gasteiger partial charge in [0.25, 0.3) is 0 Å². The van der Waals surface area contributed by atoms with Gasteiger partial charge in [-0.1, -0.05) is 5.21 Å². The molecule has 3 aromatic rings. The number of aromatic amines is 1. The minimum Gasteiger partial charge on any atom is -0.382 e. The molecule has 3 N–H and O–H groups in total. The van der Waals surface area contributed by atoms with Crippen molar-refractivity contribution < 1.29 is 4.74 Å². The number of ether oxygens (including phenoxy) is 1. The van der Waals surface area contributed by atoms with E-state index in [9.17, 15) is 0 Å². The third-order valence-electron chi connectivity index (χ3n) is 4.72. The minimum atomic E-state index is 0.103. The summed E-state index contributed by atoms with van der Waals surface area (Å²) in [6, 6.07) is 2.49. The fraction of sp³-hybridized carbons (Fsp3) is 0.529. The summed E-state index contributed by atoms with van der Waals surface area (Å²) >= 11 is 0. The smallest absolute Gasteiger partial charge is 0.232 e. The lowest BCUT2D eigenvalue weighted by Crippen LogP contribution is -2.18. The number of rotatable bonds is 8. The van der Waals surface area contributed by atoms with Gasteiger partial charge in [0.2, 0.25) is 5.95 Å². The molecule has 0 radical (unpaired) electrons. The van der Waals surface area contributed by atoms with Crippen LogP contribution in [0.25, 0.3) is 11.0 Å². The Hall–Kier alpha value is -2.68. The lowest BCUT2D eigenvalue weighted by molar-refractivity contribution is 0.156. The van der Waals surface area contributed by atoms with Crippen LogP contribution >= 0.6 is 0 Å². The summed E-state index contributed by atoms with van der Waals surface area (Å²) in [6.07, 6.45) is 6.26. The number of H-pyrrole nitrogens is 1. The van der Waals surface area contributed by atoms with Crippen LogP contribution in [-0.4, -0.2) is 49.7 Å². The van der Waals surface area contributed by atoms with Gasteiger partial charge < -0.3 is 20.4 Å². The third kappa shape index (κ3) is 3.48. The van der Waals surface area contributed by atoms with Gasteiger partial charge >= 0.3 is 0 Å². The lowest BCUT2D eigenvalue weighted by Gasteiger charge is -2.15. The zero-order valence-electron chi connectivity index (χ0n) is 15.2. The number of aromatic nitrogens is 6. The summed E-state index contributed by atoms with van der Waals surface area (Å²) in [5.41, 5.74) is 0.785. The van der Waals surface area contributed by atoms with Gasteiger partial charge in [0.1, 0.15) is 11.5 Å². The molecule has 1 aliphatic rings. The number of nitrogens with zero attached hydrogens (tertiary/aromatic N) is 5. The van der Waals surface area contributed by atoms with Crippen molar-refractivity contribution in [3.05, 3.63) is 18.5 Å². The topological polar surface area (TPSA) is 106 Å². The molecule has 9 heteroatoms. The van der Waals surface area contributed by atoms with E-state index in [4.69, 9.17) is 4.74 Å². The predicted molar refractivity (Wildman–Crippen MR) is 99.6 cm³/mol. The molecule has 0 saturated heterocycles. The fourth-order valence-corrected chi connectivity index (χ4v) is 3.02. The molecular formula is C17H24N8O. The third-order valence-corrected chi connectivity index (χ3v) is 4.72. The first-order chi connectivity index (χ1) is 12.6. The van der Waals surface area contributed by atoms with E-state index in [2.05, 4.69) is 42.8 Å². The molecule has 1 fully saturated rings. The highest BCUT2D eigenvalue weighted by molar-refractivity contribution is 5.88. The Balaban J connectivity index is 1.56. The van der Waals surface area contributed by atoms with Crippen LogP contribution in [0.15, 0.2) is 18.5 Å². The minimum absolute atomic E-state index is 0.103. The van der Waals surface area contributed by atoms with Crippen molar-refractivity contribution in [3.63, 3.8) is 0 Å². The molecule has 0 aliphatic heterocycles. The van der Waals surface area contributed by atoms with Crippen LogP contribution in [-0.2, 0) is 4.74 Å². The van der Waals surface area contributed by atoms with E-state index in [1.165, 1.54) is 12.8 Å². The molecule has 3 heterocycles. The summed E-state index contributed by atoms with van der Waals surface area (Å²) in [4.78, 5) is 12.3. The molecule has 26 heavy (non-hydrogen) atoms. The van der Waals surface area contributed by atoms with E-state index in [1.807, 2.05) is 25.4 Å².